The number of carbonyl (C=O) groups excluding carboxylic acids is 1. The number of rotatable bonds is 6. The minimum absolute atomic E-state index is 0.147. The van der Waals surface area contributed by atoms with Gasteiger partial charge in [0.25, 0.3) is 0 Å². The molecule has 2 rings (SSSR count). The zero-order chi connectivity index (χ0) is 16.1. The van der Waals surface area contributed by atoms with Crippen molar-refractivity contribution in [2.75, 3.05) is 20.6 Å². The maximum Gasteiger partial charge on any atom is 0.236 e. The van der Waals surface area contributed by atoms with Crippen molar-refractivity contribution in [2.24, 2.45) is 0 Å². The van der Waals surface area contributed by atoms with Crippen LogP contribution < -0.4 is 0 Å². The lowest BCUT2D eigenvalue weighted by Crippen LogP contribution is -2.37. The lowest BCUT2D eigenvalue weighted by Gasteiger charge is -2.26. The standard InChI is InChI=1S/C18H24N2OS/c1-14-8-5-6-9-16(14)12-20(4)18(21)13-19(3)15(2)17-10-7-11-22-17/h5-11,15H,12-13H2,1-4H3. The maximum absolute atomic E-state index is 12.4. The smallest absolute Gasteiger partial charge is 0.236 e. The van der Waals surface area contributed by atoms with Gasteiger partial charge in [-0.15, -0.1) is 11.3 Å². The minimum atomic E-state index is 0.147. The van der Waals surface area contributed by atoms with Crippen LogP contribution in [0.3, 0.4) is 0 Å². The summed E-state index contributed by atoms with van der Waals surface area (Å²) >= 11 is 1.73. The van der Waals surface area contributed by atoms with Gasteiger partial charge in [0.15, 0.2) is 0 Å². The number of hydrogen-bond acceptors (Lipinski definition) is 3. The summed E-state index contributed by atoms with van der Waals surface area (Å²) in [6.07, 6.45) is 0. The maximum atomic E-state index is 12.4. The summed E-state index contributed by atoms with van der Waals surface area (Å²) in [5.74, 6) is 0.147. The molecule has 1 heterocycles. The predicted molar refractivity (Wildman–Crippen MR) is 93.0 cm³/mol. The fourth-order valence-electron chi connectivity index (χ4n) is 2.35. The van der Waals surface area contributed by atoms with Gasteiger partial charge in [0.1, 0.15) is 0 Å². The summed E-state index contributed by atoms with van der Waals surface area (Å²) in [6.45, 7) is 5.31. The van der Waals surface area contributed by atoms with E-state index >= 15 is 0 Å². The Balaban J connectivity index is 1.92. The van der Waals surface area contributed by atoms with Gasteiger partial charge in [0, 0.05) is 24.5 Å². The average molecular weight is 316 g/mol. The highest BCUT2D eigenvalue weighted by Gasteiger charge is 2.18. The van der Waals surface area contributed by atoms with Crippen molar-refractivity contribution in [3.63, 3.8) is 0 Å². The summed E-state index contributed by atoms with van der Waals surface area (Å²) in [5, 5.41) is 2.08. The van der Waals surface area contributed by atoms with E-state index in [1.54, 1.807) is 16.2 Å². The predicted octanol–water partition coefficient (Wildman–Crippen LogP) is 3.71. The van der Waals surface area contributed by atoms with Crippen LogP contribution in [0.5, 0.6) is 0 Å². The van der Waals surface area contributed by atoms with Gasteiger partial charge in [0.05, 0.1) is 6.54 Å². The molecule has 2 aromatic rings. The highest BCUT2D eigenvalue weighted by Crippen LogP contribution is 2.23. The third kappa shape index (κ3) is 4.18. The van der Waals surface area contributed by atoms with Gasteiger partial charge in [-0.3, -0.25) is 9.69 Å². The van der Waals surface area contributed by atoms with Crippen LogP contribution in [-0.2, 0) is 11.3 Å². The zero-order valence-electron chi connectivity index (χ0n) is 13.7. The molecule has 1 amide bonds. The Labute approximate surface area is 137 Å². The van der Waals surface area contributed by atoms with Crippen molar-refractivity contribution in [2.45, 2.75) is 26.4 Å². The molecule has 0 fully saturated rings. The average Bonchev–Trinajstić information content (AvgIpc) is 3.02. The molecule has 4 heteroatoms. The van der Waals surface area contributed by atoms with Crippen molar-refractivity contribution in [1.29, 1.82) is 0 Å². The number of thiophene rings is 1. The molecule has 0 saturated heterocycles. The van der Waals surface area contributed by atoms with E-state index in [1.807, 2.05) is 26.2 Å². The SMILES string of the molecule is Cc1ccccc1CN(C)C(=O)CN(C)C(C)c1cccs1. The molecule has 1 atom stereocenters. The van der Waals surface area contributed by atoms with Gasteiger partial charge >= 0.3 is 0 Å². The molecule has 22 heavy (non-hydrogen) atoms. The zero-order valence-corrected chi connectivity index (χ0v) is 14.6. The number of aryl methyl sites for hydroxylation is 1. The van der Waals surface area contributed by atoms with Crippen molar-refractivity contribution in [3.8, 4) is 0 Å². The summed E-state index contributed by atoms with van der Waals surface area (Å²) < 4.78 is 0. The molecule has 118 valence electrons. The van der Waals surface area contributed by atoms with E-state index in [2.05, 4.69) is 48.4 Å². The Morgan fingerprint density at radius 3 is 2.55 bits per heavy atom. The van der Waals surface area contributed by atoms with E-state index in [0.29, 0.717) is 13.1 Å². The van der Waals surface area contributed by atoms with Crippen molar-refractivity contribution < 1.29 is 4.79 Å². The van der Waals surface area contributed by atoms with E-state index in [9.17, 15) is 4.79 Å². The molecular formula is C18H24N2OS. The largest absolute Gasteiger partial charge is 0.340 e. The molecule has 1 aromatic heterocycles. The molecular weight excluding hydrogens is 292 g/mol. The first kappa shape index (κ1) is 16.7. The van der Waals surface area contributed by atoms with E-state index in [1.165, 1.54) is 16.0 Å². The number of hydrogen-bond donors (Lipinski definition) is 0. The van der Waals surface area contributed by atoms with Crippen LogP contribution in [0.4, 0.5) is 0 Å². The van der Waals surface area contributed by atoms with Gasteiger partial charge in [-0.2, -0.15) is 0 Å². The molecule has 0 N–H and O–H groups in total. The van der Waals surface area contributed by atoms with Gasteiger partial charge in [0.2, 0.25) is 5.91 Å². The van der Waals surface area contributed by atoms with Crippen LogP contribution in [0.15, 0.2) is 41.8 Å². The van der Waals surface area contributed by atoms with E-state index in [0.717, 1.165) is 0 Å². The molecule has 0 radical (unpaired) electrons. The highest BCUT2D eigenvalue weighted by atomic mass is 32.1. The van der Waals surface area contributed by atoms with E-state index in [-0.39, 0.29) is 11.9 Å². The molecule has 0 aliphatic rings. The Morgan fingerprint density at radius 2 is 1.91 bits per heavy atom. The van der Waals surface area contributed by atoms with Crippen molar-refractivity contribution in [1.82, 2.24) is 9.80 Å². The monoisotopic (exact) mass is 316 g/mol. The number of carbonyl (C=O) groups is 1. The van der Waals surface area contributed by atoms with Crippen LogP contribution in [0.2, 0.25) is 0 Å². The normalized spacial score (nSPS) is 12.4. The molecule has 3 nitrogen and oxygen atoms in total. The van der Waals surface area contributed by atoms with Crippen molar-refractivity contribution >= 4 is 17.2 Å². The fraction of sp³-hybridized carbons (Fsp3) is 0.389. The second-order valence-electron chi connectivity index (χ2n) is 5.78. The van der Waals surface area contributed by atoms with Crippen LogP contribution in [0.1, 0.15) is 29.0 Å². The molecule has 0 bridgehead atoms. The van der Waals surface area contributed by atoms with E-state index in [4.69, 9.17) is 0 Å². The first-order chi connectivity index (χ1) is 10.5. The third-order valence-corrected chi connectivity index (χ3v) is 5.14. The summed E-state index contributed by atoms with van der Waals surface area (Å²) in [6, 6.07) is 12.6. The Bertz CT molecular complexity index is 609. The van der Waals surface area contributed by atoms with Crippen molar-refractivity contribution in [3.05, 3.63) is 57.8 Å². The number of amides is 1. The first-order valence-electron chi connectivity index (χ1n) is 7.51. The molecule has 0 aliphatic carbocycles. The van der Waals surface area contributed by atoms with Crippen LogP contribution in [0, 0.1) is 6.92 Å². The first-order valence-corrected chi connectivity index (χ1v) is 8.39. The molecule has 1 unspecified atom stereocenters. The summed E-state index contributed by atoms with van der Waals surface area (Å²) in [7, 11) is 3.88. The number of nitrogens with zero attached hydrogens (tertiary/aromatic N) is 2. The number of likely N-dealkylation sites (N-methyl/N-ethyl adjacent to an activating group) is 2. The highest BCUT2D eigenvalue weighted by molar-refractivity contribution is 7.10. The van der Waals surface area contributed by atoms with Gasteiger partial charge in [-0.25, -0.2) is 0 Å². The third-order valence-electron chi connectivity index (χ3n) is 4.10. The minimum Gasteiger partial charge on any atom is -0.340 e. The Kier molecular flexibility index (Phi) is 5.75. The molecule has 1 aromatic carbocycles. The van der Waals surface area contributed by atoms with Crippen LogP contribution >= 0.6 is 11.3 Å². The second kappa shape index (κ2) is 7.56. The topological polar surface area (TPSA) is 23.6 Å². The van der Waals surface area contributed by atoms with E-state index < -0.39 is 0 Å². The van der Waals surface area contributed by atoms with Crippen LogP contribution in [-0.4, -0.2) is 36.3 Å². The summed E-state index contributed by atoms with van der Waals surface area (Å²) in [5.41, 5.74) is 2.43. The second-order valence-corrected chi connectivity index (χ2v) is 6.76. The Hall–Kier alpha value is -1.65. The quantitative estimate of drug-likeness (QED) is 0.811. The van der Waals surface area contributed by atoms with Gasteiger partial charge in [-0.05, 0) is 43.5 Å². The fourth-order valence-corrected chi connectivity index (χ4v) is 3.20. The summed E-state index contributed by atoms with van der Waals surface area (Å²) in [4.78, 5) is 17.6. The molecule has 0 aliphatic heterocycles. The Morgan fingerprint density at radius 1 is 1.18 bits per heavy atom. The van der Waals surface area contributed by atoms with Gasteiger partial charge in [-0.1, -0.05) is 30.3 Å². The molecule has 0 spiro atoms. The van der Waals surface area contributed by atoms with Gasteiger partial charge < -0.3 is 4.90 Å². The number of benzene rings is 1. The molecule has 0 saturated carbocycles. The lowest BCUT2D eigenvalue weighted by atomic mass is 10.1. The lowest BCUT2D eigenvalue weighted by molar-refractivity contribution is -0.131. The van der Waals surface area contributed by atoms with Crippen LogP contribution in [0.25, 0.3) is 0 Å².